The van der Waals surface area contributed by atoms with Crippen molar-refractivity contribution in [1.82, 2.24) is 9.97 Å². The van der Waals surface area contributed by atoms with E-state index in [2.05, 4.69) is 16.0 Å². The van der Waals surface area contributed by atoms with E-state index < -0.39 is 0 Å². The Balaban J connectivity index is 1.79. The molecule has 1 heterocycles. The van der Waals surface area contributed by atoms with Crippen molar-refractivity contribution in [3.8, 4) is 17.7 Å². The lowest BCUT2D eigenvalue weighted by molar-refractivity contribution is 0.454. The highest BCUT2D eigenvalue weighted by Crippen LogP contribution is 2.27. The number of hydrogen-bond donors (Lipinski definition) is 0. The summed E-state index contributed by atoms with van der Waals surface area (Å²) in [5.74, 6) is 1.79. The van der Waals surface area contributed by atoms with Crippen LogP contribution in [0.3, 0.4) is 0 Å². The number of ether oxygens (including phenoxy) is 1. The minimum Gasteiger partial charge on any atom is -0.439 e. The molecule has 0 bridgehead atoms. The van der Waals surface area contributed by atoms with Crippen molar-refractivity contribution in [2.24, 2.45) is 0 Å². The van der Waals surface area contributed by atoms with Crippen LogP contribution in [0.15, 0.2) is 59.8 Å². The molecule has 4 nitrogen and oxygen atoms in total. The molecule has 0 aliphatic rings. The zero-order chi connectivity index (χ0) is 18.4. The van der Waals surface area contributed by atoms with Crippen LogP contribution in [-0.2, 0) is 12.2 Å². The molecule has 0 N–H and O–H groups in total. The molecule has 130 valence electrons. The van der Waals surface area contributed by atoms with Gasteiger partial charge < -0.3 is 4.74 Å². The minimum atomic E-state index is 0.496. The van der Waals surface area contributed by atoms with Gasteiger partial charge in [0.2, 0.25) is 5.88 Å². The predicted octanol–water partition coefficient (Wildman–Crippen LogP) is 5.65. The summed E-state index contributed by atoms with van der Waals surface area (Å²) in [5.41, 5.74) is 2.54. The molecular formula is C20H16ClN3OS. The molecule has 0 saturated carbocycles. The fraction of sp³-hybridized carbons (Fsp3) is 0.150. The van der Waals surface area contributed by atoms with Gasteiger partial charge in [-0.15, -0.1) is 0 Å². The quantitative estimate of drug-likeness (QED) is 0.408. The average Bonchev–Trinajstić information content (AvgIpc) is 2.68. The normalized spacial score (nSPS) is 10.3. The Hall–Kier alpha value is -2.55. The standard InChI is InChI=1S/C20H16ClN3OS/c1-2-17-11-19(25-18-9-7-16(21)8-10-18)24-20(23-17)26-13-15-6-4-3-5-14(15)12-22/h3-11H,2,13H2,1H3. The number of halogens is 1. The first-order valence-electron chi connectivity index (χ1n) is 8.10. The molecule has 6 heteroatoms. The first-order valence-corrected chi connectivity index (χ1v) is 9.46. The zero-order valence-corrected chi connectivity index (χ0v) is 15.7. The molecule has 3 rings (SSSR count). The molecule has 0 saturated heterocycles. The second kappa shape index (κ2) is 8.70. The summed E-state index contributed by atoms with van der Waals surface area (Å²) in [7, 11) is 0. The number of thioether (sulfide) groups is 1. The molecular weight excluding hydrogens is 366 g/mol. The highest BCUT2D eigenvalue weighted by molar-refractivity contribution is 7.98. The van der Waals surface area contributed by atoms with Gasteiger partial charge in [0, 0.05) is 22.5 Å². The maximum atomic E-state index is 9.21. The number of nitrogens with zero attached hydrogens (tertiary/aromatic N) is 3. The van der Waals surface area contributed by atoms with Crippen molar-refractivity contribution in [1.29, 1.82) is 5.26 Å². The molecule has 0 aliphatic carbocycles. The fourth-order valence-corrected chi connectivity index (χ4v) is 3.27. The van der Waals surface area contributed by atoms with E-state index in [1.807, 2.05) is 37.3 Å². The van der Waals surface area contributed by atoms with Crippen LogP contribution in [0, 0.1) is 11.3 Å². The lowest BCUT2D eigenvalue weighted by Gasteiger charge is -2.09. The Labute approximate surface area is 161 Å². The summed E-state index contributed by atoms with van der Waals surface area (Å²) >= 11 is 7.39. The SMILES string of the molecule is CCc1cc(Oc2ccc(Cl)cc2)nc(SCc2ccccc2C#N)n1. The van der Waals surface area contributed by atoms with Crippen LogP contribution in [0.1, 0.15) is 23.7 Å². The maximum Gasteiger partial charge on any atom is 0.223 e. The van der Waals surface area contributed by atoms with Crippen molar-refractivity contribution in [2.45, 2.75) is 24.3 Å². The van der Waals surface area contributed by atoms with Gasteiger partial charge >= 0.3 is 0 Å². The zero-order valence-electron chi connectivity index (χ0n) is 14.1. The van der Waals surface area contributed by atoms with E-state index in [4.69, 9.17) is 16.3 Å². The van der Waals surface area contributed by atoms with Crippen LogP contribution in [0.4, 0.5) is 0 Å². The van der Waals surface area contributed by atoms with Gasteiger partial charge in [-0.3, -0.25) is 0 Å². The Bertz CT molecular complexity index is 939. The van der Waals surface area contributed by atoms with Crippen molar-refractivity contribution in [2.75, 3.05) is 0 Å². The van der Waals surface area contributed by atoms with Crippen molar-refractivity contribution < 1.29 is 4.74 Å². The van der Waals surface area contributed by atoms with Crippen LogP contribution >= 0.6 is 23.4 Å². The van der Waals surface area contributed by atoms with Crippen molar-refractivity contribution >= 4 is 23.4 Å². The molecule has 1 aromatic heterocycles. The van der Waals surface area contributed by atoms with Gasteiger partial charge in [0.05, 0.1) is 11.6 Å². The average molecular weight is 382 g/mol. The fourth-order valence-electron chi connectivity index (χ4n) is 2.27. The van der Waals surface area contributed by atoms with E-state index in [0.717, 1.165) is 17.7 Å². The molecule has 0 unspecified atom stereocenters. The van der Waals surface area contributed by atoms with Crippen LogP contribution in [0.25, 0.3) is 0 Å². The summed E-state index contributed by atoms with van der Waals surface area (Å²) in [6, 6.07) is 18.7. The van der Waals surface area contributed by atoms with Crippen LogP contribution < -0.4 is 4.74 Å². The van der Waals surface area contributed by atoms with Gasteiger partial charge in [-0.2, -0.15) is 10.2 Å². The molecule has 0 spiro atoms. The van der Waals surface area contributed by atoms with Gasteiger partial charge in [-0.05, 0) is 42.3 Å². The lowest BCUT2D eigenvalue weighted by atomic mass is 10.1. The first-order chi connectivity index (χ1) is 12.7. The van der Waals surface area contributed by atoms with Crippen LogP contribution in [0.2, 0.25) is 5.02 Å². The van der Waals surface area contributed by atoms with E-state index in [1.165, 1.54) is 11.8 Å². The summed E-state index contributed by atoms with van der Waals surface area (Å²) in [6.07, 6.45) is 0.780. The minimum absolute atomic E-state index is 0.496. The van der Waals surface area contributed by atoms with Gasteiger partial charge in [0.1, 0.15) is 5.75 Å². The maximum absolute atomic E-state index is 9.21. The highest BCUT2D eigenvalue weighted by atomic mass is 35.5. The number of hydrogen-bond acceptors (Lipinski definition) is 5. The monoisotopic (exact) mass is 381 g/mol. The molecule has 0 atom stereocenters. The number of aryl methyl sites for hydroxylation is 1. The van der Waals surface area contributed by atoms with E-state index in [1.54, 1.807) is 24.3 Å². The second-order valence-electron chi connectivity index (χ2n) is 5.45. The van der Waals surface area contributed by atoms with Crippen LogP contribution in [-0.4, -0.2) is 9.97 Å². The van der Waals surface area contributed by atoms with Crippen molar-refractivity contribution in [3.63, 3.8) is 0 Å². The van der Waals surface area contributed by atoms with E-state index >= 15 is 0 Å². The van der Waals surface area contributed by atoms with Gasteiger partial charge in [-0.1, -0.05) is 48.5 Å². The molecule has 0 amide bonds. The number of aromatic nitrogens is 2. The Morgan fingerprint density at radius 1 is 1.12 bits per heavy atom. The molecule has 2 aromatic carbocycles. The van der Waals surface area contributed by atoms with E-state index in [0.29, 0.717) is 33.1 Å². The number of benzene rings is 2. The van der Waals surface area contributed by atoms with Crippen molar-refractivity contribution in [3.05, 3.63) is 76.4 Å². The summed E-state index contributed by atoms with van der Waals surface area (Å²) in [6.45, 7) is 2.04. The van der Waals surface area contributed by atoms with E-state index in [-0.39, 0.29) is 0 Å². The third-order valence-corrected chi connectivity index (χ3v) is 4.78. The summed E-state index contributed by atoms with van der Waals surface area (Å²) in [5, 5.41) is 10.5. The third-order valence-electron chi connectivity index (χ3n) is 3.63. The Morgan fingerprint density at radius 2 is 1.88 bits per heavy atom. The highest BCUT2D eigenvalue weighted by Gasteiger charge is 2.09. The van der Waals surface area contributed by atoms with Crippen LogP contribution in [0.5, 0.6) is 11.6 Å². The van der Waals surface area contributed by atoms with E-state index in [9.17, 15) is 5.26 Å². The van der Waals surface area contributed by atoms with Gasteiger partial charge in [0.25, 0.3) is 0 Å². The summed E-state index contributed by atoms with van der Waals surface area (Å²) < 4.78 is 5.84. The third kappa shape index (κ3) is 4.75. The van der Waals surface area contributed by atoms with Gasteiger partial charge in [-0.25, -0.2) is 4.98 Å². The molecule has 26 heavy (non-hydrogen) atoms. The Kier molecular flexibility index (Phi) is 6.11. The largest absolute Gasteiger partial charge is 0.439 e. The molecule has 0 fully saturated rings. The lowest BCUT2D eigenvalue weighted by Crippen LogP contribution is -1.98. The van der Waals surface area contributed by atoms with Gasteiger partial charge in [0.15, 0.2) is 5.16 Å². The molecule has 0 radical (unpaired) electrons. The second-order valence-corrected chi connectivity index (χ2v) is 6.83. The molecule has 3 aromatic rings. The number of nitriles is 1. The molecule has 0 aliphatic heterocycles. The smallest absolute Gasteiger partial charge is 0.223 e. The topological polar surface area (TPSA) is 58.8 Å². The number of rotatable bonds is 6. The summed E-state index contributed by atoms with van der Waals surface area (Å²) in [4.78, 5) is 9.03. The first kappa shape index (κ1) is 18.2. The Morgan fingerprint density at radius 3 is 2.62 bits per heavy atom. The predicted molar refractivity (Wildman–Crippen MR) is 104 cm³/mol.